The first-order valence-corrected chi connectivity index (χ1v) is 7.40. The highest BCUT2D eigenvalue weighted by Crippen LogP contribution is 2.31. The van der Waals surface area contributed by atoms with E-state index in [1.165, 1.54) is 10.4 Å². The zero-order valence-electron chi connectivity index (χ0n) is 11.5. The summed E-state index contributed by atoms with van der Waals surface area (Å²) >= 11 is 1.73. The monoisotopic (exact) mass is 266 g/mol. The van der Waals surface area contributed by atoms with Crippen molar-refractivity contribution in [3.05, 3.63) is 21.9 Å². The zero-order valence-corrected chi connectivity index (χ0v) is 12.3. The molecule has 1 fully saturated rings. The van der Waals surface area contributed by atoms with Crippen LogP contribution in [0, 0.1) is 12.3 Å². The Hall–Kier alpha value is -0.870. The standard InChI is InChI=1S/C14H22N2OS/c1-11-4-9-18-12(11)10-16(3)13(17)14(2)5-7-15-8-6-14/h4,9,15H,5-8,10H2,1-3H3. The van der Waals surface area contributed by atoms with Crippen molar-refractivity contribution < 1.29 is 4.79 Å². The lowest BCUT2D eigenvalue weighted by molar-refractivity contribution is -0.141. The van der Waals surface area contributed by atoms with E-state index in [-0.39, 0.29) is 11.3 Å². The number of hydrogen-bond donors (Lipinski definition) is 1. The molecule has 0 radical (unpaired) electrons. The van der Waals surface area contributed by atoms with E-state index in [1.54, 1.807) is 11.3 Å². The molecule has 2 heterocycles. The van der Waals surface area contributed by atoms with Crippen molar-refractivity contribution in [3.8, 4) is 0 Å². The Labute approximate surface area is 113 Å². The van der Waals surface area contributed by atoms with Crippen molar-refractivity contribution in [3.63, 3.8) is 0 Å². The number of carbonyl (C=O) groups is 1. The summed E-state index contributed by atoms with van der Waals surface area (Å²) in [6, 6.07) is 2.12. The molecule has 2 rings (SSSR count). The fourth-order valence-electron chi connectivity index (χ4n) is 2.51. The van der Waals surface area contributed by atoms with Gasteiger partial charge in [0.15, 0.2) is 0 Å². The average molecular weight is 266 g/mol. The quantitative estimate of drug-likeness (QED) is 0.911. The van der Waals surface area contributed by atoms with E-state index in [0.717, 1.165) is 32.5 Å². The van der Waals surface area contributed by atoms with Crippen LogP contribution in [-0.4, -0.2) is 30.9 Å². The van der Waals surface area contributed by atoms with Gasteiger partial charge in [-0.05, 0) is 49.9 Å². The molecule has 0 unspecified atom stereocenters. The van der Waals surface area contributed by atoms with Crippen LogP contribution in [0.5, 0.6) is 0 Å². The second-order valence-electron chi connectivity index (χ2n) is 5.50. The van der Waals surface area contributed by atoms with Gasteiger partial charge in [-0.25, -0.2) is 0 Å². The Balaban J connectivity index is 2.02. The highest BCUT2D eigenvalue weighted by Gasteiger charge is 2.36. The van der Waals surface area contributed by atoms with Crippen LogP contribution in [0.3, 0.4) is 0 Å². The van der Waals surface area contributed by atoms with E-state index < -0.39 is 0 Å². The lowest BCUT2D eigenvalue weighted by Gasteiger charge is -2.36. The van der Waals surface area contributed by atoms with Gasteiger partial charge in [0.2, 0.25) is 5.91 Å². The molecule has 1 aliphatic heterocycles. The van der Waals surface area contributed by atoms with E-state index in [9.17, 15) is 4.79 Å². The number of piperidine rings is 1. The van der Waals surface area contributed by atoms with E-state index in [4.69, 9.17) is 0 Å². The van der Waals surface area contributed by atoms with Crippen LogP contribution in [0.1, 0.15) is 30.2 Å². The third-order valence-corrected chi connectivity index (χ3v) is 4.93. The molecule has 0 aliphatic carbocycles. The largest absolute Gasteiger partial charge is 0.340 e. The van der Waals surface area contributed by atoms with Gasteiger partial charge in [-0.1, -0.05) is 6.92 Å². The first-order valence-electron chi connectivity index (χ1n) is 6.52. The maximum Gasteiger partial charge on any atom is 0.228 e. The molecule has 0 bridgehead atoms. The molecule has 1 aliphatic rings. The van der Waals surface area contributed by atoms with Crippen molar-refractivity contribution in [2.24, 2.45) is 5.41 Å². The van der Waals surface area contributed by atoms with Crippen molar-refractivity contribution >= 4 is 17.2 Å². The van der Waals surface area contributed by atoms with Crippen molar-refractivity contribution in [1.29, 1.82) is 0 Å². The number of thiophene rings is 1. The summed E-state index contributed by atoms with van der Waals surface area (Å²) in [4.78, 5) is 15.7. The minimum Gasteiger partial charge on any atom is -0.340 e. The molecule has 0 saturated carbocycles. The Morgan fingerprint density at radius 3 is 2.72 bits per heavy atom. The van der Waals surface area contributed by atoms with Crippen LogP contribution in [0.4, 0.5) is 0 Å². The molecule has 1 N–H and O–H groups in total. The van der Waals surface area contributed by atoms with Gasteiger partial charge in [0, 0.05) is 17.3 Å². The summed E-state index contributed by atoms with van der Waals surface area (Å²) in [5, 5.41) is 5.41. The van der Waals surface area contributed by atoms with Crippen molar-refractivity contribution in [2.75, 3.05) is 20.1 Å². The van der Waals surface area contributed by atoms with E-state index in [1.807, 2.05) is 11.9 Å². The normalized spacial score (nSPS) is 18.6. The third-order valence-electron chi connectivity index (χ3n) is 3.92. The molecule has 1 aromatic heterocycles. The number of rotatable bonds is 3. The van der Waals surface area contributed by atoms with Crippen LogP contribution in [0.25, 0.3) is 0 Å². The summed E-state index contributed by atoms with van der Waals surface area (Å²) in [7, 11) is 1.93. The molecule has 100 valence electrons. The van der Waals surface area contributed by atoms with Gasteiger partial charge in [0.25, 0.3) is 0 Å². The Bertz CT molecular complexity index is 421. The molecule has 3 nitrogen and oxygen atoms in total. The average Bonchev–Trinajstić information content (AvgIpc) is 2.75. The Kier molecular flexibility index (Phi) is 4.07. The number of nitrogens with one attached hydrogen (secondary N) is 1. The first kappa shape index (κ1) is 13.6. The molecule has 1 saturated heterocycles. The lowest BCUT2D eigenvalue weighted by atomic mass is 9.79. The van der Waals surface area contributed by atoms with Gasteiger partial charge >= 0.3 is 0 Å². The molecule has 4 heteroatoms. The highest BCUT2D eigenvalue weighted by molar-refractivity contribution is 7.10. The number of amides is 1. The van der Waals surface area contributed by atoms with Crippen LogP contribution >= 0.6 is 11.3 Å². The number of nitrogens with zero attached hydrogens (tertiary/aromatic N) is 1. The molecule has 1 aromatic rings. The second kappa shape index (κ2) is 5.41. The van der Waals surface area contributed by atoms with Crippen molar-refractivity contribution in [1.82, 2.24) is 10.2 Å². The van der Waals surface area contributed by atoms with Crippen LogP contribution < -0.4 is 5.32 Å². The number of carbonyl (C=O) groups excluding carboxylic acids is 1. The Morgan fingerprint density at radius 1 is 1.50 bits per heavy atom. The predicted molar refractivity (Wildman–Crippen MR) is 75.7 cm³/mol. The van der Waals surface area contributed by atoms with Gasteiger partial charge in [0.1, 0.15) is 0 Å². The minimum absolute atomic E-state index is 0.175. The molecule has 0 aromatic carbocycles. The van der Waals surface area contributed by atoms with Gasteiger partial charge in [-0.3, -0.25) is 4.79 Å². The molecule has 18 heavy (non-hydrogen) atoms. The maximum absolute atomic E-state index is 12.6. The maximum atomic E-state index is 12.6. The smallest absolute Gasteiger partial charge is 0.228 e. The van der Waals surface area contributed by atoms with Gasteiger partial charge in [-0.15, -0.1) is 11.3 Å². The van der Waals surface area contributed by atoms with Gasteiger partial charge < -0.3 is 10.2 Å². The minimum atomic E-state index is -0.175. The molecule has 0 atom stereocenters. The third kappa shape index (κ3) is 2.75. The molecular weight excluding hydrogens is 244 g/mol. The molecular formula is C14H22N2OS. The number of hydrogen-bond acceptors (Lipinski definition) is 3. The fraction of sp³-hybridized carbons (Fsp3) is 0.643. The van der Waals surface area contributed by atoms with Crippen LogP contribution in [0.2, 0.25) is 0 Å². The van der Waals surface area contributed by atoms with Crippen LogP contribution in [0.15, 0.2) is 11.4 Å². The SMILES string of the molecule is Cc1ccsc1CN(C)C(=O)C1(C)CCNCC1. The van der Waals surface area contributed by atoms with Gasteiger partial charge in [0.05, 0.1) is 6.54 Å². The van der Waals surface area contributed by atoms with Crippen molar-refractivity contribution in [2.45, 2.75) is 33.2 Å². The Morgan fingerprint density at radius 2 is 2.17 bits per heavy atom. The highest BCUT2D eigenvalue weighted by atomic mass is 32.1. The van der Waals surface area contributed by atoms with Crippen LogP contribution in [-0.2, 0) is 11.3 Å². The van der Waals surface area contributed by atoms with E-state index in [0.29, 0.717) is 0 Å². The fourth-order valence-corrected chi connectivity index (χ4v) is 3.47. The van der Waals surface area contributed by atoms with E-state index in [2.05, 4.69) is 30.6 Å². The zero-order chi connectivity index (χ0) is 13.2. The summed E-state index contributed by atoms with van der Waals surface area (Å²) in [6.07, 6.45) is 1.89. The van der Waals surface area contributed by atoms with Gasteiger partial charge in [-0.2, -0.15) is 0 Å². The summed E-state index contributed by atoms with van der Waals surface area (Å²) in [5.74, 6) is 0.289. The molecule has 0 spiro atoms. The molecule has 1 amide bonds. The predicted octanol–water partition coefficient (Wildman–Crippen LogP) is 2.40. The number of aryl methyl sites for hydroxylation is 1. The lowest BCUT2D eigenvalue weighted by Crippen LogP contribution is -2.46. The second-order valence-corrected chi connectivity index (χ2v) is 6.50. The summed E-state index contributed by atoms with van der Waals surface area (Å²) in [5.41, 5.74) is 1.11. The topological polar surface area (TPSA) is 32.3 Å². The van der Waals surface area contributed by atoms with E-state index >= 15 is 0 Å². The first-order chi connectivity index (χ1) is 8.53. The summed E-state index contributed by atoms with van der Waals surface area (Å²) in [6.45, 7) is 6.86. The summed E-state index contributed by atoms with van der Waals surface area (Å²) < 4.78 is 0.